The molecule has 2 aromatic rings. The number of thioether (sulfide) groups is 1. The fourth-order valence-corrected chi connectivity index (χ4v) is 4.60. The minimum atomic E-state index is -0.591. The van der Waals surface area contributed by atoms with E-state index in [1.165, 1.54) is 29.8 Å². The van der Waals surface area contributed by atoms with E-state index in [-0.39, 0.29) is 11.8 Å². The van der Waals surface area contributed by atoms with Gasteiger partial charge in [0.05, 0.1) is 36.2 Å². The molecule has 1 unspecified atom stereocenters. The van der Waals surface area contributed by atoms with Crippen molar-refractivity contribution in [2.75, 3.05) is 30.7 Å². The van der Waals surface area contributed by atoms with Gasteiger partial charge in [0.1, 0.15) is 6.04 Å². The normalized spacial score (nSPS) is 15.4. The first kappa shape index (κ1) is 23.5. The number of ether oxygens (including phenoxy) is 2. The number of anilines is 1. The van der Waals surface area contributed by atoms with Crippen LogP contribution in [-0.2, 0) is 9.59 Å². The molecular formula is C23H22ClN3O4S. The highest BCUT2D eigenvalue weighted by molar-refractivity contribution is 7.99. The highest BCUT2D eigenvalue weighted by Gasteiger charge is 2.33. The van der Waals surface area contributed by atoms with Crippen LogP contribution in [0.5, 0.6) is 11.5 Å². The van der Waals surface area contributed by atoms with Crippen molar-refractivity contribution in [3.05, 3.63) is 58.6 Å². The summed E-state index contributed by atoms with van der Waals surface area (Å²) in [7, 11) is 1.51. The van der Waals surface area contributed by atoms with Crippen LogP contribution >= 0.6 is 23.4 Å². The van der Waals surface area contributed by atoms with Gasteiger partial charge in [0.25, 0.3) is 0 Å². The van der Waals surface area contributed by atoms with Crippen molar-refractivity contribution in [2.45, 2.75) is 13.0 Å². The molecule has 0 radical (unpaired) electrons. The van der Waals surface area contributed by atoms with Gasteiger partial charge in [0.15, 0.2) is 11.5 Å². The number of nitrogens with one attached hydrogen (secondary N) is 1. The van der Waals surface area contributed by atoms with Crippen LogP contribution < -0.4 is 14.8 Å². The zero-order chi connectivity index (χ0) is 23.1. The second-order valence-corrected chi connectivity index (χ2v) is 8.21. The highest BCUT2D eigenvalue weighted by atomic mass is 35.5. The number of benzene rings is 2. The summed E-state index contributed by atoms with van der Waals surface area (Å²) >= 11 is 7.78. The topological polar surface area (TPSA) is 91.7 Å². The Balaban J connectivity index is 1.70. The Morgan fingerprint density at radius 2 is 2.09 bits per heavy atom. The lowest BCUT2D eigenvalue weighted by Gasteiger charge is -2.21. The molecule has 1 N–H and O–H groups in total. The molecule has 166 valence electrons. The number of amides is 2. The standard InChI is InChI=1S/C23H22ClN3O4S/c1-3-31-20-11-16(10-18(24)22(20)30-2)6-9-21(28)27-14-32-13-19(27)23(29)26-17-7-4-15(12-25)5-8-17/h4-11,19H,3,13-14H2,1-2H3,(H,26,29)/b9-6+. The van der Waals surface area contributed by atoms with Gasteiger partial charge in [0.2, 0.25) is 11.8 Å². The maximum absolute atomic E-state index is 12.8. The lowest BCUT2D eigenvalue weighted by molar-refractivity contribution is -0.132. The van der Waals surface area contributed by atoms with Crippen molar-refractivity contribution in [3.63, 3.8) is 0 Å². The molecule has 1 aliphatic rings. The molecule has 0 aromatic heterocycles. The number of hydrogen-bond donors (Lipinski definition) is 1. The van der Waals surface area contributed by atoms with E-state index < -0.39 is 6.04 Å². The van der Waals surface area contributed by atoms with E-state index in [1.54, 1.807) is 42.5 Å². The molecule has 1 heterocycles. The third kappa shape index (κ3) is 5.55. The van der Waals surface area contributed by atoms with Crippen LogP contribution in [0, 0.1) is 11.3 Å². The van der Waals surface area contributed by atoms with Crippen LogP contribution in [0.15, 0.2) is 42.5 Å². The van der Waals surface area contributed by atoms with E-state index in [9.17, 15) is 9.59 Å². The smallest absolute Gasteiger partial charge is 0.248 e. The minimum absolute atomic E-state index is 0.271. The molecular weight excluding hydrogens is 450 g/mol. The Hall–Kier alpha value is -3.15. The Kier molecular flexibility index (Phi) is 8.03. The second kappa shape index (κ2) is 10.9. The molecule has 0 saturated carbocycles. The highest BCUT2D eigenvalue weighted by Crippen LogP contribution is 2.36. The SMILES string of the molecule is CCOc1cc(/C=C/C(=O)N2CSCC2C(=O)Nc2ccc(C#N)cc2)cc(Cl)c1OC. The first-order chi connectivity index (χ1) is 15.5. The molecule has 1 fully saturated rings. The van der Waals surface area contributed by atoms with E-state index >= 15 is 0 Å². The summed E-state index contributed by atoms with van der Waals surface area (Å²) in [5.41, 5.74) is 1.76. The van der Waals surface area contributed by atoms with Gasteiger partial charge in [-0.2, -0.15) is 5.26 Å². The summed E-state index contributed by atoms with van der Waals surface area (Å²) in [5, 5.41) is 12.1. The first-order valence-electron chi connectivity index (χ1n) is 9.84. The third-order valence-corrected chi connectivity index (χ3v) is 6.00. The summed E-state index contributed by atoms with van der Waals surface area (Å²) in [5.74, 6) is 1.30. The molecule has 9 heteroatoms. The molecule has 2 aromatic carbocycles. The second-order valence-electron chi connectivity index (χ2n) is 6.80. The van der Waals surface area contributed by atoms with E-state index in [4.69, 9.17) is 26.3 Å². The van der Waals surface area contributed by atoms with Crippen molar-refractivity contribution in [3.8, 4) is 17.6 Å². The molecule has 0 spiro atoms. The summed E-state index contributed by atoms with van der Waals surface area (Å²) in [6.07, 6.45) is 3.05. The van der Waals surface area contributed by atoms with Gasteiger partial charge >= 0.3 is 0 Å². The van der Waals surface area contributed by atoms with E-state index in [0.717, 1.165) is 0 Å². The molecule has 1 saturated heterocycles. The van der Waals surface area contributed by atoms with Crippen LogP contribution in [-0.4, -0.2) is 48.1 Å². The number of hydrogen-bond acceptors (Lipinski definition) is 6. The number of nitriles is 1. The molecule has 1 atom stereocenters. The van der Waals surface area contributed by atoms with Crippen LogP contribution in [0.4, 0.5) is 5.69 Å². The van der Waals surface area contributed by atoms with Crippen molar-refractivity contribution >= 4 is 46.9 Å². The van der Waals surface area contributed by atoms with Gasteiger partial charge < -0.3 is 19.7 Å². The zero-order valence-electron chi connectivity index (χ0n) is 17.6. The van der Waals surface area contributed by atoms with E-state index in [2.05, 4.69) is 5.32 Å². The third-order valence-electron chi connectivity index (χ3n) is 4.70. The fraction of sp³-hybridized carbons (Fsp3) is 0.261. The molecule has 0 aliphatic carbocycles. The monoisotopic (exact) mass is 471 g/mol. The number of carbonyl (C=O) groups excluding carboxylic acids is 2. The summed E-state index contributed by atoms with van der Waals surface area (Å²) in [6.45, 7) is 2.30. The zero-order valence-corrected chi connectivity index (χ0v) is 19.2. The Bertz CT molecular complexity index is 1070. The number of carbonyl (C=O) groups is 2. The van der Waals surface area contributed by atoms with E-state index in [1.807, 2.05) is 13.0 Å². The predicted molar refractivity (Wildman–Crippen MR) is 126 cm³/mol. The van der Waals surface area contributed by atoms with Crippen molar-refractivity contribution in [1.29, 1.82) is 5.26 Å². The summed E-state index contributed by atoms with van der Waals surface area (Å²) in [4.78, 5) is 27.1. The number of halogens is 1. The van der Waals surface area contributed by atoms with Gasteiger partial charge in [-0.3, -0.25) is 9.59 Å². The van der Waals surface area contributed by atoms with Crippen LogP contribution in [0.1, 0.15) is 18.1 Å². The van der Waals surface area contributed by atoms with Gasteiger partial charge in [-0.25, -0.2) is 0 Å². The predicted octanol–water partition coefficient (Wildman–Crippen LogP) is 4.17. The quantitative estimate of drug-likeness (QED) is 0.609. The largest absolute Gasteiger partial charge is 0.491 e. The summed E-state index contributed by atoms with van der Waals surface area (Å²) in [6, 6.07) is 11.4. The fourth-order valence-electron chi connectivity index (χ4n) is 3.14. The van der Waals surface area contributed by atoms with Crippen LogP contribution in [0.2, 0.25) is 5.02 Å². The molecule has 7 nitrogen and oxygen atoms in total. The van der Waals surface area contributed by atoms with Gasteiger partial charge in [0, 0.05) is 17.5 Å². The molecule has 0 bridgehead atoms. The average Bonchev–Trinajstić information content (AvgIpc) is 3.28. The van der Waals surface area contributed by atoms with Crippen molar-refractivity contribution in [1.82, 2.24) is 4.90 Å². The van der Waals surface area contributed by atoms with Crippen molar-refractivity contribution < 1.29 is 19.1 Å². The lowest BCUT2D eigenvalue weighted by Crippen LogP contribution is -2.43. The number of rotatable bonds is 7. The molecule has 3 rings (SSSR count). The van der Waals surface area contributed by atoms with Gasteiger partial charge in [-0.15, -0.1) is 11.8 Å². The van der Waals surface area contributed by atoms with Crippen LogP contribution in [0.25, 0.3) is 6.08 Å². The minimum Gasteiger partial charge on any atom is -0.491 e. The average molecular weight is 472 g/mol. The lowest BCUT2D eigenvalue weighted by atomic mass is 10.1. The van der Waals surface area contributed by atoms with Crippen molar-refractivity contribution in [2.24, 2.45) is 0 Å². The number of methoxy groups -OCH3 is 1. The summed E-state index contributed by atoms with van der Waals surface area (Å²) < 4.78 is 10.8. The van der Waals surface area contributed by atoms with E-state index in [0.29, 0.717) is 51.6 Å². The Labute approximate surface area is 195 Å². The molecule has 32 heavy (non-hydrogen) atoms. The first-order valence-corrected chi connectivity index (χ1v) is 11.4. The maximum Gasteiger partial charge on any atom is 0.248 e. The molecule has 2 amide bonds. The van der Waals surface area contributed by atoms with Gasteiger partial charge in [-0.1, -0.05) is 11.6 Å². The van der Waals surface area contributed by atoms with Gasteiger partial charge in [-0.05, 0) is 55.0 Å². The Morgan fingerprint density at radius 1 is 1.34 bits per heavy atom. The molecule has 1 aliphatic heterocycles. The Morgan fingerprint density at radius 3 is 2.75 bits per heavy atom. The maximum atomic E-state index is 12.8. The van der Waals surface area contributed by atoms with Crippen LogP contribution in [0.3, 0.4) is 0 Å². The number of nitrogens with zero attached hydrogens (tertiary/aromatic N) is 2.